The molecule has 1 amide bonds. The Morgan fingerprint density at radius 1 is 1.88 bits per heavy atom. The zero-order valence-electron chi connectivity index (χ0n) is 3.90. The van der Waals surface area contributed by atoms with Gasteiger partial charge in [-0.2, -0.15) is 10.4 Å². The van der Waals surface area contributed by atoms with Crippen molar-refractivity contribution in [1.82, 2.24) is 16.0 Å². The van der Waals surface area contributed by atoms with Crippen LogP contribution >= 0.6 is 0 Å². The molecule has 0 aliphatic carbocycles. The van der Waals surface area contributed by atoms with E-state index in [1.807, 2.05) is 0 Å². The summed E-state index contributed by atoms with van der Waals surface area (Å²) in [5, 5.41) is 9.01. The molecule has 0 atom stereocenters. The van der Waals surface area contributed by atoms with Crippen molar-refractivity contribution >= 4 is 6.09 Å². The van der Waals surface area contributed by atoms with Crippen molar-refractivity contribution < 1.29 is 9.90 Å². The Balaban J connectivity index is 2.48. The van der Waals surface area contributed by atoms with E-state index in [1.54, 1.807) is 0 Å². The summed E-state index contributed by atoms with van der Waals surface area (Å²) in [6, 6.07) is 0. The van der Waals surface area contributed by atoms with E-state index < -0.39 is 6.09 Å². The van der Waals surface area contributed by atoms with Crippen molar-refractivity contribution in [2.75, 3.05) is 0 Å². The molecule has 0 saturated carbocycles. The molecule has 0 spiro atoms. The van der Waals surface area contributed by atoms with E-state index in [1.165, 1.54) is 12.4 Å². The highest BCUT2D eigenvalue weighted by Crippen LogP contribution is 1.88. The van der Waals surface area contributed by atoms with Gasteiger partial charge in [-0.05, 0) is 0 Å². The molecule has 5 nitrogen and oxygen atoms in total. The van der Waals surface area contributed by atoms with Crippen LogP contribution in [0.5, 0.6) is 0 Å². The van der Waals surface area contributed by atoms with Gasteiger partial charge in [-0.15, -0.1) is 5.53 Å². The SMILES string of the molecule is O=C(O)N1C=C[N]N1. The summed E-state index contributed by atoms with van der Waals surface area (Å²) in [5.41, 5.74) is 5.60. The van der Waals surface area contributed by atoms with Crippen LogP contribution in [-0.2, 0) is 0 Å². The molecular weight excluding hydrogens is 110 g/mol. The van der Waals surface area contributed by atoms with Crippen molar-refractivity contribution in [1.29, 1.82) is 0 Å². The second-order valence-electron chi connectivity index (χ2n) is 1.18. The maximum absolute atomic E-state index is 9.95. The Hall–Kier alpha value is -1.23. The average molecular weight is 114 g/mol. The first-order chi connectivity index (χ1) is 3.80. The molecule has 0 aromatic carbocycles. The van der Waals surface area contributed by atoms with E-state index in [0.29, 0.717) is 0 Å². The Bertz CT molecular complexity index is 132. The van der Waals surface area contributed by atoms with Gasteiger partial charge in [-0.3, -0.25) is 0 Å². The summed E-state index contributed by atoms with van der Waals surface area (Å²) in [6.07, 6.45) is 1.60. The summed E-state index contributed by atoms with van der Waals surface area (Å²) in [7, 11) is 0. The number of nitrogens with zero attached hydrogens (tertiary/aromatic N) is 2. The van der Waals surface area contributed by atoms with Gasteiger partial charge in [0.2, 0.25) is 0 Å². The minimum absolute atomic E-state index is 0.847. The third-order valence-electron chi connectivity index (χ3n) is 0.662. The molecule has 0 bridgehead atoms. The van der Waals surface area contributed by atoms with Crippen LogP contribution in [0.2, 0.25) is 0 Å². The molecular formula is C3H4N3O2. The fraction of sp³-hybridized carbons (Fsp3) is 0. The summed E-state index contributed by atoms with van der Waals surface area (Å²) in [4.78, 5) is 9.95. The summed E-state index contributed by atoms with van der Waals surface area (Å²) < 4.78 is 0. The van der Waals surface area contributed by atoms with E-state index >= 15 is 0 Å². The predicted molar refractivity (Wildman–Crippen MR) is 24.3 cm³/mol. The smallest absolute Gasteiger partial charge is 0.427 e. The third kappa shape index (κ3) is 0.710. The topological polar surface area (TPSA) is 66.7 Å². The molecule has 0 saturated heterocycles. The average Bonchev–Trinajstić information content (AvgIpc) is 2.12. The molecule has 1 rings (SSSR count). The van der Waals surface area contributed by atoms with Crippen LogP contribution in [0.1, 0.15) is 0 Å². The van der Waals surface area contributed by atoms with Crippen molar-refractivity contribution in [2.24, 2.45) is 0 Å². The predicted octanol–water partition coefficient (Wildman–Crippen LogP) is -0.525. The molecule has 5 heteroatoms. The van der Waals surface area contributed by atoms with Crippen molar-refractivity contribution in [2.45, 2.75) is 0 Å². The molecule has 0 unspecified atom stereocenters. The van der Waals surface area contributed by atoms with Gasteiger partial charge in [0.25, 0.3) is 0 Å². The van der Waals surface area contributed by atoms with Crippen molar-refractivity contribution in [3.63, 3.8) is 0 Å². The lowest BCUT2D eigenvalue weighted by molar-refractivity contribution is 0.145. The molecule has 2 N–H and O–H groups in total. The van der Waals surface area contributed by atoms with E-state index in [0.717, 1.165) is 5.01 Å². The lowest BCUT2D eigenvalue weighted by atomic mass is 10.9. The number of hydrogen-bond donors (Lipinski definition) is 2. The maximum Gasteiger partial charge on any atom is 0.427 e. The van der Waals surface area contributed by atoms with Gasteiger partial charge in [-0.1, -0.05) is 0 Å². The van der Waals surface area contributed by atoms with Crippen LogP contribution in [0.25, 0.3) is 0 Å². The van der Waals surface area contributed by atoms with Gasteiger partial charge >= 0.3 is 6.09 Å². The zero-order chi connectivity index (χ0) is 5.98. The summed E-state index contributed by atoms with van der Waals surface area (Å²) >= 11 is 0. The highest BCUT2D eigenvalue weighted by Gasteiger charge is 2.09. The number of hydrazine groups is 1. The number of hydrogen-bond acceptors (Lipinski definition) is 2. The second kappa shape index (κ2) is 1.71. The standard InChI is InChI=1S/C3H4N3O2/c7-3(8)6-2-1-4-5-6/h1-2,5H,(H,7,8). The number of carbonyl (C=O) groups is 1. The normalized spacial score (nSPS) is 16.2. The molecule has 0 aromatic rings. The highest BCUT2D eigenvalue weighted by molar-refractivity contribution is 5.65. The minimum atomic E-state index is -1.07. The van der Waals surface area contributed by atoms with Gasteiger partial charge in [0.15, 0.2) is 0 Å². The Morgan fingerprint density at radius 3 is 2.88 bits per heavy atom. The van der Waals surface area contributed by atoms with Gasteiger partial charge < -0.3 is 5.11 Å². The lowest BCUT2D eigenvalue weighted by Crippen LogP contribution is -2.35. The number of amides is 1. The van der Waals surface area contributed by atoms with Gasteiger partial charge in [0, 0.05) is 6.20 Å². The number of rotatable bonds is 0. The van der Waals surface area contributed by atoms with Crippen LogP contribution in [0.4, 0.5) is 4.79 Å². The van der Waals surface area contributed by atoms with Crippen LogP contribution in [0, 0.1) is 0 Å². The van der Waals surface area contributed by atoms with Crippen LogP contribution < -0.4 is 11.0 Å². The zero-order valence-corrected chi connectivity index (χ0v) is 3.90. The van der Waals surface area contributed by atoms with Crippen LogP contribution in [-0.4, -0.2) is 16.2 Å². The molecule has 0 aromatic heterocycles. The van der Waals surface area contributed by atoms with Crippen LogP contribution in [0.15, 0.2) is 12.4 Å². The molecule has 1 aliphatic heterocycles. The fourth-order valence-electron chi connectivity index (χ4n) is 0.335. The Kier molecular flexibility index (Phi) is 1.05. The molecule has 1 aliphatic rings. The molecule has 43 valence electrons. The quantitative estimate of drug-likeness (QED) is 0.445. The fourth-order valence-corrected chi connectivity index (χ4v) is 0.335. The Labute approximate surface area is 45.5 Å². The van der Waals surface area contributed by atoms with Gasteiger partial charge in [0.05, 0.1) is 6.20 Å². The molecule has 0 fully saturated rings. The number of carboxylic acid groups (broad SMARTS) is 1. The van der Waals surface area contributed by atoms with E-state index in [-0.39, 0.29) is 0 Å². The molecule has 8 heavy (non-hydrogen) atoms. The van der Waals surface area contributed by atoms with E-state index in [4.69, 9.17) is 5.11 Å². The second-order valence-corrected chi connectivity index (χ2v) is 1.18. The van der Waals surface area contributed by atoms with Crippen molar-refractivity contribution in [3.05, 3.63) is 12.4 Å². The lowest BCUT2D eigenvalue weighted by Gasteiger charge is -2.04. The third-order valence-corrected chi connectivity index (χ3v) is 0.662. The monoisotopic (exact) mass is 114 g/mol. The first-order valence-corrected chi connectivity index (χ1v) is 1.95. The van der Waals surface area contributed by atoms with Crippen LogP contribution in [0.3, 0.4) is 0 Å². The summed E-state index contributed by atoms with van der Waals surface area (Å²) in [5.74, 6) is 0. The van der Waals surface area contributed by atoms with Crippen molar-refractivity contribution in [3.8, 4) is 0 Å². The van der Waals surface area contributed by atoms with E-state index in [9.17, 15) is 4.79 Å². The molecule has 1 radical (unpaired) electrons. The highest BCUT2D eigenvalue weighted by atomic mass is 16.4. The number of nitrogens with one attached hydrogen (secondary N) is 1. The maximum atomic E-state index is 9.95. The first-order valence-electron chi connectivity index (χ1n) is 1.95. The largest absolute Gasteiger partial charge is 0.464 e. The van der Waals surface area contributed by atoms with Gasteiger partial charge in [-0.25, -0.2) is 4.79 Å². The Morgan fingerprint density at radius 2 is 2.62 bits per heavy atom. The van der Waals surface area contributed by atoms with Gasteiger partial charge in [0.1, 0.15) is 0 Å². The first kappa shape index (κ1) is 4.92. The minimum Gasteiger partial charge on any atom is -0.464 e. The molecule has 1 heterocycles. The summed E-state index contributed by atoms with van der Waals surface area (Å²) in [6.45, 7) is 0. The van der Waals surface area contributed by atoms with E-state index in [2.05, 4.69) is 11.0 Å².